The maximum absolute atomic E-state index is 13.0. The van der Waals surface area contributed by atoms with E-state index in [0.717, 1.165) is 38.5 Å². The van der Waals surface area contributed by atoms with E-state index < -0.39 is 55.6 Å². The van der Waals surface area contributed by atoms with Gasteiger partial charge in [-0.15, -0.1) is 0 Å². The number of hydrogen-bond donors (Lipinski definition) is 7. The fraction of sp³-hybridized carbons (Fsp3) is 0.979. The van der Waals surface area contributed by atoms with E-state index in [2.05, 4.69) is 19.2 Å². The fourth-order valence-electron chi connectivity index (χ4n) is 8.26. The summed E-state index contributed by atoms with van der Waals surface area (Å²) in [6.45, 7) is 3.62. The lowest BCUT2D eigenvalue weighted by molar-refractivity contribution is -0.303. The number of ether oxygens (including phenoxy) is 2. The molecule has 0 aliphatic carbocycles. The lowest BCUT2D eigenvalue weighted by atomic mass is 9.98. The van der Waals surface area contributed by atoms with E-state index in [1.807, 2.05) is 0 Å². The lowest BCUT2D eigenvalue weighted by Gasteiger charge is -2.40. The first-order chi connectivity index (χ1) is 28.3. The molecule has 1 amide bonds. The van der Waals surface area contributed by atoms with Crippen LogP contribution in [0.25, 0.3) is 0 Å². The highest BCUT2D eigenvalue weighted by atomic mass is 16.7. The third-order valence-corrected chi connectivity index (χ3v) is 12.3. The molecule has 1 rings (SSSR count). The molecule has 0 radical (unpaired) electrons. The summed E-state index contributed by atoms with van der Waals surface area (Å²) in [6, 6.07) is -0.984. The van der Waals surface area contributed by atoms with Gasteiger partial charge in [0, 0.05) is 6.42 Å². The van der Waals surface area contributed by atoms with Gasteiger partial charge in [0.15, 0.2) is 6.29 Å². The van der Waals surface area contributed by atoms with Gasteiger partial charge >= 0.3 is 0 Å². The average molecular weight is 830 g/mol. The number of nitrogens with one attached hydrogen (secondary N) is 1. The first-order valence-corrected chi connectivity index (χ1v) is 24.8. The maximum Gasteiger partial charge on any atom is 0.220 e. The molecule has 7 N–H and O–H groups in total. The van der Waals surface area contributed by atoms with Crippen LogP contribution in [0.5, 0.6) is 0 Å². The molecule has 2 unspecified atom stereocenters. The van der Waals surface area contributed by atoms with E-state index >= 15 is 0 Å². The van der Waals surface area contributed by atoms with Crippen LogP contribution in [-0.2, 0) is 14.3 Å². The van der Waals surface area contributed by atoms with Crippen LogP contribution in [0.15, 0.2) is 0 Å². The van der Waals surface area contributed by atoms with E-state index in [1.54, 1.807) is 0 Å². The Hall–Kier alpha value is -0.850. The average Bonchev–Trinajstić information content (AvgIpc) is 3.22. The minimum atomic E-state index is -1.60. The van der Waals surface area contributed by atoms with Crippen molar-refractivity contribution in [3.8, 4) is 0 Å². The van der Waals surface area contributed by atoms with Gasteiger partial charge < -0.3 is 45.4 Å². The van der Waals surface area contributed by atoms with Crippen molar-refractivity contribution in [2.24, 2.45) is 0 Å². The number of amides is 1. The van der Waals surface area contributed by atoms with Crippen LogP contribution in [0.3, 0.4) is 0 Å². The van der Waals surface area contributed by atoms with E-state index in [1.165, 1.54) is 173 Å². The molecule has 346 valence electrons. The Morgan fingerprint density at radius 2 is 0.897 bits per heavy atom. The molecule has 1 saturated heterocycles. The Bertz CT molecular complexity index is 895. The minimum Gasteiger partial charge on any atom is -0.394 e. The van der Waals surface area contributed by atoms with Crippen LogP contribution in [0.1, 0.15) is 239 Å². The second-order valence-corrected chi connectivity index (χ2v) is 17.8. The van der Waals surface area contributed by atoms with Crippen molar-refractivity contribution in [1.82, 2.24) is 5.32 Å². The smallest absolute Gasteiger partial charge is 0.220 e. The first-order valence-electron chi connectivity index (χ1n) is 24.8. The maximum atomic E-state index is 13.0. The second kappa shape index (κ2) is 39.0. The zero-order valence-corrected chi connectivity index (χ0v) is 37.7. The molecule has 10 heteroatoms. The molecule has 1 aliphatic heterocycles. The van der Waals surface area contributed by atoms with Gasteiger partial charge in [-0.2, -0.15) is 0 Å². The number of rotatable bonds is 42. The van der Waals surface area contributed by atoms with Crippen molar-refractivity contribution < 1.29 is 44.9 Å². The summed E-state index contributed by atoms with van der Waals surface area (Å²) in [7, 11) is 0. The highest BCUT2D eigenvalue weighted by Gasteiger charge is 2.44. The second-order valence-electron chi connectivity index (χ2n) is 17.8. The van der Waals surface area contributed by atoms with Crippen molar-refractivity contribution in [2.75, 3.05) is 13.2 Å². The molecule has 1 fully saturated rings. The topological polar surface area (TPSA) is 169 Å². The van der Waals surface area contributed by atoms with Gasteiger partial charge in [0.1, 0.15) is 30.5 Å². The van der Waals surface area contributed by atoms with Crippen LogP contribution < -0.4 is 5.32 Å². The number of carbonyl (C=O) groups is 1. The number of hydrogen-bond acceptors (Lipinski definition) is 9. The Labute approximate surface area is 356 Å². The summed E-state index contributed by atoms with van der Waals surface area (Å²) in [4.78, 5) is 13.0. The molecular weight excluding hydrogens is 735 g/mol. The Kier molecular flexibility index (Phi) is 37.1. The van der Waals surface area contributed by atoms with Crippen LogP contribution in [0, 0.1) is 0 Å². The summed E-state index contributed by atoms with van der Waals surface area (Å²) < 4.78 is 11.2. The van der Waals surface area contributed by atoms with Crippen LogP contribution in [0.4, 0.5) is 0 Å². The summed E-state index contributed by atoms with van der Waals surface area (Å²) in [6.07, 6.45) is 32.6. The lowest BCUT2D eigenvalue weighted by Crippen LogP contribution is -2.60. The molecule has 1 heterocycles. The SMILES string of the molecule is CCCCCCCCCCCCCCCCCCCCCCCC(=O)N[C@@H](CO[C@@H]1O[C@H](CO)[C@@H](O)C(O)C1O)[C@H](O)[C@H](O)CCCCCCCCCCCCCC. The van der Waals surface area contributed by atoms with Gasteiger partial charge in [-0.25, -0.2) is 0 Å². The molecule has 0 aromatic rings. The molecular formula is C48H95NO9. The van der Waals surface area contributed by atoms with Gasteiger partial charge in [-0.1, -0.05) is 219 Å². The first kappa shape index (κ1) is 55.2. The molecule has 0 aromatic heterocycles. The summed E-state index contributed by atoms with van der Waals surface area (Å²) in [5, 5.41) is 65.2. The highest BCUT2D eigenvalue weighted by molar-refractivity contribution is 5.76. The van der Waals surface area contributed by atoms with Gasteiger partial charge in [0.2, 0.25) is 5.91 Å². The van der Waals surface area contributed by atoms with Gasteiger partial charge in [-0.3, -0.25) is 4.79 Å². The van der Waals surface area contributed by atoms with Crippen LogP contribution in [0.2, 0.25) is 0 Å². The summed E-state index contributed by atoms with van der Waals surface area (Å²) >= 11 is 0. The molecule has 0 bridgehead atoms. The van der Waals surface area contributed by atoms with E-state index in [4.69, 9.17) is 9.47 Å². The number of aliphatic hydroxyl groups excluding tert-OH is 6. The van der Waals surface area contributed by atoms with Crippen molar-refractivity contribution in [3.05, 3.63) is 0 Å². The van der Waals surface area contributed by atoms with Gasteiger partial charge in [-0.05, 0) is 12.8 Å². The predicted molar refractivity (Wildman–Crippen MR) is 237 cm³/mol. The standard InChI is InChI=1S/C48H95NO9/c1-3-5-7-9-11-13-15-17-18-19-20-21-22-23-24-25-27-29-31-33-35-37-43(52)49-40(39-57-48-47(56)46(55)45(54)42(38-50)58-48)44(53)41(51)36-34-32-30-28-26-16-14-12-10-8-6-4-2/h40-42,44-48,50-51,53-56H,3-39H2,1-2H3,(H,49,52)/t40-,41+,42+,44-,45+,46?,47?,48+/m0/s1. The Morgan fingerprint density at radius 1 is 0.534 bits per heavy atom. The molecule has 1 aliphatic rings. The Morgan fingerprint density at radius 3 is 1.28 bits per heavy atom. The van der Waals surface area contributed by atoms with Gasteiger partial charge in [0.25, 0.3) is 0 Å². The van der Waals surface area contributed by atoms with Crippen molar-refractivity contribution in [1.29, 1.82) is 0 Å². The third-order valence-electron chi connectivity index (χ3n) is 12.3. The predicted octanol–water partition coefficient (Wildman–Crippen LogP) is 9.70. The normalized spacial score (nSPS) is 21.3. The quantitative estimate of drug-likeness (QED) is 0.0296. The van der Waals surface area contributed by atoms with Crippen molar-refractivity contribution in [2.45, 2.75) is 288 Å². The summed E-state index contributed by atoms with van der Waals surface area (Å²) in [5.74, 6) is -0.253. The molecule has 0 saturated carbocycles. The van der Waals surface area contributed by atoms with Crippen LogP contribution >= 0.6 is 0 Å². The zero-order chi connectivity index (χ0) is 42.5. The van der Waals surface area contributed by atoms with E-state index in [0.29, 0.717) is 6.42 Å². The largest absolute Gasteiger partial charge is 0.394 e. The number of carbonyl (C=O) groups excluding carboxylic acids is 1. The summed E-state index contributed by atoms with van der Waals surface area (Å²) in [5.41, 5.74) is 0. The molecule has 10 nitrogen and oxygen atoms in total. The zero-order valence-electron chi connectivity index (χ0n) is 37.7. The van der Waals surface area contributed by atoms with Crippen molar-refractivity contribution in [3.63, 3.8) is 0 Å². The van der Waals surface area contributed by atoms with Crippen molar-refractivity contribution >= 4 is 5.91 Å². The van der Waals surface area contributed by atoms with E-state index in [9.17, 15) is 35.4 Å². The molecule has 58 heavy (non-hydrogen) atoms. The molecule has 8 atom stereocenters. The highest BCUT2D eigenvalue weighted by Crippen LogP contribution is 2.23. The molecule has 0 aromatic carbocycles. The van der Waals surface area contributed by atoms with E-state index in [-0.39, 0.29) is 18.9 Å². The van der Waals surface area contributed by atoms with Crippen LogP contribution in [-0.4, -0.2) is 98.7 Å². The molecule has 0 spiro atoms. The third kappa shape index (κ3) is 28.6. The monoisotopic (exact) mass is 830 g/mol. The number of aliphatic hydroxyl groups is 6. The van der Waals surface area contributed by atoms with Gasteiger partial charge in [0.05, 0.1) is 25.4 Å². The number of unbranched alkanes of at least 4 members (excludes halogenated alkanes) is 31. The Balaban J connectivity index is 2.30. The fourth-order valence-corrected chi connectivity index (χ4v) is 8.26. The minimum absolute atomic E-state index is 0.253.